The summed E-state index contributed by atoms with van der Waals surface area (Å²) in [5.74, 6) is 0.604. The van der Waals surface area contributed by atoms with Gasteiger partial charge in [-0.1, -0.05) is 13.8 Å². The zero-order valence-corrected chi connectivity index (χ0v) is 7.78. The number of aliphatic imine (C=N–C) groups is 1. The average molecular weight is 153 g/mol. The first-order chi connectivity index (χ1) is 5.13. The van der Waals surface area contributed by atoms with Gasteiger partial charge in [-0.25, -0.2) is 9.57 Å². The van der Waals surface area contributed by atoms with Gasteiger partial charge in [-0.05, 0) is 13.8 Å². The third-order valence-electron chi connectivity index (χ3n) is 1.98. The molecule has 0 radical (unpaired) electrons. The molecule has 0 aromatic carbocycles. The normalized spacial score (nSPS) is 23.5. The summed E-state index contributed by atoms with van der Waals surface area (Å²) < 4.78 is 2.30. The number of hydrogen-bond donors (Lipinski definition) is 0. The van der Waals surface area contributed by atoms with Crippen molar-refractivity contribution in [2.45, 2.75) is 39.9 Å². The molecule has 1 aliphatic heterocycles. The van der Waals surface area contributed by atoms with Crippen molar-refractivity contribution in [3.05, 3.63) is 0 Å². The molecule has 1 atom stereocenters. The summed E-state index contributed by atoms with van der Waals surface area (Å²) in [7, 11) is 0. The molecule has 11 heavy (non-hydrogen) atoms. The lowest BCUT2D eigenvalue weighted by Crippen LogP contribution is -2.31. The fourth-order valence-corrected chi connectivity index (χ4v) is 1.36. The molecule has 0 saturated heterocycles. The lowest BCUT2D eigenvalue weighted by molar-refractivity contribution is -0.591. The SMILES string of the molecule is CC(C)C1N=CC=[N+]1C(C)C. The van der Waals surface area contributed by atoms with E-state index in [4.69, 9.17) is 0 Å². The Kier molecular flexibility index (Phi) is 2.42. The summed E-state index contributed by atoms with van der Waals surface area (Å²) in [5.41, 5.74) is 0. The molecule has 0 aromatic heterocycles. The van der Waals surface area contributed by atoms with Crippen molar-refractivity contribution in [3.8, 4) is 0 Å². The Morgan fingerprint density at radius 2 is 1.91 bits per heavy atom. The van der Waals surface area contributed by atoms with Crippen LogP contribution in [0.4, 0.5) is 0 Å². The smallest absolute Gasteiger partial charge is 0.219 e. The van der Waals surface area contributed by atoms with Crippen molar-refractivity contribution >= 4 is 12.4 Å². The highest BCUT2D eigenvalue weighted by atomic mass is 15.2. The standard InChI is InChI=1S/C9H17N2/c1-7(2)9-10-5-6-11(9)8(3)4/h5-9H,1-4H3/q+1. The van der Waals surface area contributed by atoms with Crippen LogP contribution >= 0.6 is 0 Å². The number of nitrogens with zero attached hydrogens (tertiary/aromatic N) is 2. The van der Waals surface area contributed by atoms with E-state index in [0.717, 1.165) is 0 Å². The van der Waals surface area contributed by atoms with Gasteiger partial charge in [0.15, 0.2) is 6.21 Å². The van der Waals surface area contributed by atoms with Gasteiger partial charge in [0.1, 0.15) is 6.04 Å². The van der Waals surface area contributed by atoms with Crippen molar-refractivity contribution in [2.75, 3.05) is 0 Å². The summed E-state index contributed by atoms with van der Waals surface area (Å²) in [6, 6.07) is 0.560. The van der Waals surface area contributed by atoms with E-state index in [1.54, 1.807) is 0 Å². The van der Waals surface area contributed by atoms with Gasteiger partial charge >= 0.3 is 0 Å². The highest BCUT2D eigenvalue weighted by Crippen LogP contribution is 2.11. The van der Waals surface area contributed by atoms with E-state index in [1.807, 2.05) is 6.21 Å². The van der Waals surface area contributed by atoms with Crippen molar-refractivity contribution in [2.24, 2.45) is 10.9 Å². The Balaban J connectivity index is 2.69. The van der Waals surface area contributed by atoms with E-state index in [9.17, 15) is 0 Å². The molecule has 0 aromatic rings. The first-order valence-electron chi connectivity index (χ1n) is 4.27. The highest BCUT2D eigenvalue weighted by molar-refractivity contribution is 6.14. The topological polar surface area (TPSA) is 15.4 Å². The van der Waals surface area contributed by atoms with Crippen LogP contribution in [0.2, 0.25) is 0 Å². The minimum Gasteiger partial charge on any atom is -0.219 e. The second kappa shape index (κ2) is 3.16. The minimum absolute atomic E-state index is 0.370. The number of rotatable bonds is 2. The van der Waals surface area contributed by atoms with E-state index in [0.29, 0.717) is 18.1 Å². The van der Waals surface area contributed by atoms with Crippen LogP contribution < -0.4 is 0 Å². The molecule has 0 amide bonds. The van der Waals surface area contributed by atoms with Crippen LogP contribution in [0.1, 0.15) is 27.7 Å². The van der Waals surface area contributed by atoms with Gasteiger partial charge in [0, 0.05) is 5.92 Å². The molecular weight excluding hydrogens is 136 g/mol. The quantitative estimate of drug-likeness (QED) is 0.535. The minimum atomic E-state index is 0.370. The molecule has 1 rings (SSSR count). The molecular formula is C9H17N2+. The molecule has 0 fully saturated rings. The van der Waals surface area contributed by atoms with E-state index >= 15 is 0 Å². The van der Waals surface area contributed by atoms with Crippen LogP contribution in [0.25, 0.3) is 0 Å². The van der Waals surface area contributed by atoms with Crippen molar-refractivity contribution < 1.29 is 4.58 Å². The monoisotopic (exact) mass is 153 g/mol. The molecule has 0 aliphatic carbocycles. The average Bonchev–Trinajstić information content (AvgIpc) is 2.32. The fraction of sp³-hybridized carbons (Fsp3) is 0.778. The van der Waals surface area contributed by atoms with Crippen LogP contribution in [-0.2, 0) is 0 Å². The third-order valence-corrected chi connectivity index (χ3v) is 1.98. The van der Waals surface area contributed by atoms with Crippen LogP contribution in [-0.4, -0.2) is 29.2 Å². The molecule has 62 valence electrons. The zero-order chi connectivity index (χ0) is 8.43. The fourth-order valence-electron chi connectivity index (χ4n) is 1.36. The molecule has 0 saturated carbocycles. The van der Waals surface area contributed by atoms with Crippen molar-refractivity contribution in [3.63, 3.8) is 0 Å². The molecule has 2 nitrogen and oxygen atoms in total. The van der Waals surface area contributed by atoms with Crippen LogP contribution in [0.5, 0.6) is 0 Å². The van der Waals surface area contributed by atoms with Gasteiger partial charge in [-0.2, -0.15) is 0 Å². The lowest BCUT2D eigenvalue weighted by atomic mass is 10.1. The predicted molar refractivity (Wildman–Crippen MR) is 48.6 cm³/mol. The molecule has 0 N–H and O–H groups in total. The maximum Gasteiger partial charge on any atom is 0.248 e. The van der Waals surface area contributed by atoms with E-state index < -0.39 is 0 Å². The molecule has 2 heteroatoms. The molecule has 1 aliphatic rings. The Hall–Kier alpha value is -0.660. The van der Waals surface area contributed by atoms with Crippen LogP contribution in [0.3, 0.4) is 0 Å². The number of hydrogen-bond acceptors (Lipinski definition) is 1. The van der Waals surface area contributed by atoms with Crippen LogP contribution in [0.15, 0.2) is 4.99 Å². The first-order valence-corrected chi connectivity index (χ1v) is 4.27. The second-order valence-corrected chi connectivity index (χ2v) is 3.65. The maximum atomic E-state index is 4.38. The van der Waals surface area contributed by atoms with Gasteiger partial charge in [-0.15, -0.1) is 0 Å². The van der Waals surface area contributed by atoms with Gasteiger partial charge in [0.05, 0.1) is 6.21 Å². The van der Waals surface area contributed by atoms with Crippen molar-refractivity contribution in [1.82, 2.24) is 0 Å². The molecule has 0 spiro atoms. The molecule has 1 heterocycles. The largest absolute Gasteiger partial charge is 0.248 e. The van der Waals surface area contributed by atoms with E-state index in [-0.39, 0.29) is 0 Å². The van der Waals surface area contributed by atoms with Gasteiger partial charge in [0.2, 0.25) is 6.17 Å². The van der Waals surface area contributed by atoms with E-state index in [2.05, 4.69) is 43.5 Å². The van der Waals surface area contributed by atoms with Crippen molar-refractivity contribution in [1.29, 1.82) is 0 Å². The van der Waals surface area contributed by atoms with E-state index in [1.165, 1.54) is 0 Å². The summed E-state index contributed by atoms with van der Waals surface area (Å²) in [6.07, 6.45) is 4.36. The summed E-state index contributed by atoms with van der Waals surface area (Å²) in [4.78, 5) is 4.38. The lowest BCUT2D eigenvalue weighted by Gasteiger charge is -2.13. The third kappa shape index (κ3) is 1.67. The molecule has 1 unspecified atom stereocenters. The van der Waals surface area contributed by atoms with Gasteiger partial charge in [-0.3, -0.25) is 0 Å². The predicted octanol–water partition coefficient (Wildman–Crippen LogP) is 1.54. The zero-order valence-electron chi connectivity index (χ0n) is 7.78. The van der Waals surface area contributed by atoms with Crippen LogP contribution in [0, 0.1) is 5.92 Å². The Labute approximate surface area is 68.7 Å². The second-order valence-electron chi connectivity index (χ2n) is 3.65. The highest BCUT2D eigenvalue weighted by Gasteiger charge is 2.27. The first kappa shape index (κ1) is 8.44. The van der Waals surface area contributed by atoms with Gasteiger partial charge in [0.25, 0.3) is 0 Å². The Morgan fingerprint density at radius 3 is 2.27 bits per heavy atom. The Morgan fingerprint density at radius 1 is 1.27 bits per heavy atom. The summed E-state index contributed by atoms with van der Waals surface area (Å²) in [6.45, 7) is 8.80. The summed E-state index contributed by atoms with van der Waals surface area (Å²) in [5, 5.41) is 0. The maximum absolute atomic E-state index is 4.38. The van der Waals surface area contributed by atoms with Gasteiger partial charge < -0.3 is 0 Å². The molecule has 0 bridgehead atoms. The Bertz CT molecular complexity index is 190. The summed E-state index contributed by atoms with van der Waals surface area (Å²) >= 11 is 0.